The summed E-state index contributed by atoms with van der Waals surface area (Å²) in [5.74, 6) is -0.423. The lowest BCUT2D eigenvalue weighted by molar-refractivity contribution is 0.602. The molecule has 0 unspecified atom stereocenters. The fourth-order valence-electron chi connectivity index (χ4n) is 2.87. The molecule has 146 valence electrons. The number of aromatic nitrogens is 4. The lowest BCUT2D eigenvalue weighted by Gasteiger charge is -2.10. The molecule has 4 aromatic rings. The van der Waals surface area contributed by atoms with Crippen molar-refractivity contribution < 1.29 is 12.8 Å². The largest absolute Gasteiger partial charge is 0.287 e. The van der Waals surface area contributed by atoms with Gasteiger partial charge in [-0.15, -0.1) is 0 Å². The van der Waals surface area contributed by atoms with E-state index >= 15 is 0 Å². The second-order valence-electron chi connectivity index (χ2n) is 6.35. The van der Waals surface area contributed by atoms with Gasteiger partial charge in [0.05, 0.1) is 28.2 Å². The van der Waals surface area contributed by atoms with Gasteiger partial charge in [0, 0.05) is 18.5 Å². The highest BCUT2D eigenvalue weighted by Gasteiger charge is 2.14. The molecule has 0 spiro atoms. The summed E-state index contributed by atoms with van der Waals surface area (Å²) in [7, 11) is -3.31. The van der Waals surface area contributed by atoms with Crippen molar-refractivity contribution in [1.82, 2.24) is 19.6 Å². The summed E-state index contributed by atoms with van der Waals surface area (Å²) in [5, 5.41) is 8.57. The van der Waals surface area contributed by atoms with E-state index in [-0.39, 0.29) is 16.0 Å². The first-order valence-electron chi connectivity index (χ1n) is 8.54. The Balaban J connectivity index is 1.80. The molecule has 0 amide bonds. The molecule has 2 aromatic carbocycles. The Labute approximate surface area is 165 Å². The van der Waals surface area contributed by atoms with Crippen molar-refractivity contribution in [3.63, 3.8) is 0 Å². The van der Waals surface area contributed by atoms with E-state index in [1.54, 1.807) is 30.3 Å². The van der Waals surface area contributed by atoms with Gasteiger partial charge in [-0.2, -0.15) is 10.2 Å². The average molecular weight is 410 g/mol. The van der Waals surface area contributed by atoms with Crippen LogP contribution >= 0.6 is 0 Å². The minimum absolute atomic E-state index is 0.126. The van der Waals surface area contributed by atoms with Gasteiger partial charge >= 0.3 is 0 Å². The predicted molar refractivity (Wildman–Crippen MR) is 105 cm³/mol. The molecule has 0 fully saturated rings. The molecule has 9 heteroatoms. The zero-order chi connectivity index (χ0) is 20.6. The first kappa shape index (κ1) is 18.8. The zero-order valence-electron chi connectivity index (χ0n) is 15.2. The number of nitrogens with zero attached hydrogens (tertiary/aromatic N) is 4. The Morgan fingerprint density at radius 2 is 1.72 bits per heavy atom. The highest BCUT2D eigenvalue weighted by atomic mass is 32.2. The van der Waals surface area contributed by atoms with E-state index in [0.29, 0.717) is 17.1 Å². The Bertz CT molecular complexity index is 1360. The Morgan fingerprint density at radius 3 is 2.41 bits per heavy atom. The Morgan fingerprint density at radius 1 is 0.966 bits per heavy atom. The maximum Gasteiger partial charge on any atom is 0.209 e. The first-order chi connectivity index (χ1) is 13.8. The standard InChI is InChI=1S/C20H15FN4O3S/c1-29(27,28)17-7-5-15(6-8-17)24-12-10-19(26)20(23-24)18-9-11-22-25(18)16-4-2-3-14(21)13-16/h2-13H,1H3. The molecule has 0 N–H and O–H groups in total. The lowest BCUT2D eigenvalue weighted by Crippen LogP contribution is -2.15. The number of hydrogen-bond donors (Lipinski definition) is 0. The molecule has 0 aliphatic carbocycles. The van der Waals surface area contributed by atoms with E-state index in [9.17, 15) is 17.6 Å². The first-order valence-corrected chi connectivity index (χ1v) is 10.4. The van der Waals surface area contributed by atoms with Crippen LogP contribution in [0.3, 0.4) is 0 Å². The van der Waals surface area contributed by atoms with Crippen molar-refractivity contribution in [1.29, 1.82) is 0 Å². The summed E-state index contributed by atoms with van der Waals surface area (Å²) in [5.41, 5.74) is 1.24. The van der Waals surface area contributed by atoms with Gasteiger partial charge in [0.25, 0.3) is 0 Å². The normalized spacial score (nSPS) is 11.5. The highest BCUT2D eigenvalue weighted by molar-refractivity contribution is 7.90. The molecule has 0 atom stereocenters. The van der Waals surface area contributed by atoms with Gasteiger partial charge < -0.3 is 0 Å². The van der Waals surface area contributed by atoms with Crippen molar-refractivity contribution >= 4 is 9.84 Å². The van der Waals surface area contributed by atoms with Gasteiger partial charge in [0.1, 0.15) is 5.82 Å². The van der Waals surface area contributed by atoms with Crippen LogP contribution < -0.4 is 5.43 Å². The summed E-state index contributed by atoms with van der Waals surface area (Å²) in [6, 6.07) is 15.0. The number of rotatable bonds is 4. The van der Waals surface area contributed by atoms with Gasteiger partial charge in [-0.3, -0.25) is 4.79 Å². The smallest absolute Gasteiger partial charge is 0.209 e. The minimum Gasteiger partial charge on any atom is -0.287 e. The number of sulfone groups is 1. The van der Waals surface area contributed by atoms with Crippen LogP contribution in [0.2, 0.25) is 0 Å². The van der Waals surface area contributed by atoms with E-state index in [1.165, 1.54) is 52.1 Å². The SMILES string of the molecule is CS(=O)(=O)c1ccc(-n2ccc(=O)c(-c3ccnn3-c3cccc(F)c3)n2)cc1. The highest BCUT2D eigenvalue weighted by Crippen LogP contribution is 2.19. The van der Waals surface area contributed by atoms with E-state index < -0.39 is 15.7 Å². The molecule has 0 saturated heterocycles. The van der Waals surface area contributed by atoms with E-state index in [4.69, 9.17) is 0 Å². The maximum atomic E-state index is 13.6. The third kappa shape index (κ3) is 3.72. The number of benzene rings is 2. The monoisotopic (exact) mass is 410 g/mol. The molecular weight excluding hydrogens is 395 g/mol. The summed E-state index contributed by atoms with van der Waals surface area (Å²) < 4.78 is 39.8. The maximum absolute atomic E-state index is 13.6. The van der Waals surface area contributed by atoms with Crippen LogP contribution in [0.4, 0.5) is 4.39 Å². The topological polar surface area (TPSA) is 86.9 Å². The molecule has 4 rings (SSSR count). The molecule has 2 heterocycles. The van der Waals surface area contributed by atoms with Crippen LogP contribution in [-0.4, -0.2) is 34.2 Å². The second kappa shape index (κ2) is 7.10. The quantitative estimate of drug-likeness (QED) is 0.516. The van der Waals surface area contributed by atoms with Crippen molar-refractivity contribution in [3.05, 3.63) is 89.1 Å². The lowest BCUT2D eigenvalue weighted by atomic mass is 10.2. The van der Waals surface area contributed by atoms with Crippen LogP contribution in [0, 0.1) is 5.82 Å². The van der Waals surface area contributed by atoms with Crippen LogP contribution in [0.5, 0.6) is 0 Å². The van der Waals surface area contributed by atoms with Gasteiger partial charge in [-0.25, -0.2) is 22.2 Å². The average Bonchev–Trinajstić information content (AvgIpc) is 3.17. The van der Waals surface area contributed by atoms with Gasteiger partial charge in [-0.1, -0.05) is 6.07 Å². The van der Waals surface area contributed by atoms with Crippen molar-refractivity contribution in [2.45, 2.75) is 4.90 Å². The van der Waals surface area contributed by atoms with Crippen LogP contribution in [0.25, 0.3) is 22.8 Å². The van der Waals surface area contributed by atoms with Crippen LogP contribution in [0.1, 0.15) is 0 Å². The number of halogens is 1. The molecule has 7 nitrogen and oxygen atoms in total. The van der Waals surface area contributed by atoms with Crippen LogP contribution in [0.15, 0.2) is 82.7 Å². The Hall–Kier alpha value is -3.59. The van der Waals surface area contributed by atoms with Crippen LogP contribution in [-0.2, 0) is 9.84 Å². The molecule has 0 aliphatic rings. The molecule has 0 bridgehead atoms. The molecule has 2 aromatic heterocycles. The molecule has 0 saturated carbocycles. The fraction of sp³-hybridized carbons (Fsp3) is 0.0500. The third-order valence-electron chi connectivity index (χ3n) is 4.28. The van der Waals surface area contributed by atoms with Gasteiger partial charge in [0.15, 0.2) is 15.5 Å². The molecular formula is C20H15FN4O3S. The molecule has 0 radical (unpaired) electrons. The van der Waals surface area contributed by atoms with E-state index in [1.807, 2.05) is 0 Å². The molecule has 29 heavy (non-hydrogen) atoms. The van der Waals surface area contributed by atoms with Crippen molar-refractivity contribution in [2.24, 2.45) is 0 Å². The van der Waals surface area contributed by atoms with Gasteiger partial charge in [-0.05, 0) is 48.5 Å². The summed E-state index contributed by atoms with van der Waals surface area (Å²) in [4.78, 5) is 12.7. The Kier molecular flexibility index (Phi) is 4.59. The summed E-state index contributed by atoms with van der Waals surface area (Å²) in [6.07, 6.45) is 4.12. The van der Waals surface area contributed by atoms with Gasteiger partial charge in [0.2, 0.25) is 5.43 Å². The second-order valence-corrected chi connectivity index (χ2v) is 8.36. The van der Waals surface area contributed by atoms with Crippen molar-refractivity contribution in [3.8, 4) is 22.8 Å². The molecule has 0 aliphatic heterocycles. The predicted octanol–water partition coefficient (Wildman–Crippen LogP) is 2.63. The summed E-state index contributed by atoms with van der Waals surface area (Å²) in [6.45, 7) is 0. The minimum atomic E-state index is -3.31. The van der Waals surface area contributed by atoms with E-state index in [2.05, 4.69) is 10.2 Å². The summed E-state index contributed by atoms with van der Waals surface area (Å²) >= 11 is 0. The third-order valence-corrected chi connectivity index (χ3v) is 5.40. The van der Waals surface area contributed by atoms with E-state index in [0.717, 1.165) is 6.26 Å². The fourth-order valence-corrected chi connectivity index (χ4v) is 3.50. The zero-order valence-corrected chi connectivity index (χ0v) is 16.0. The number of hydrogen-bond acceptors (Lipinski definition) is 5. The van der Waals surface area contributed by atoms with Crippen molar-refractivity contribution in [2.75, 3.05) is 6.26 Å².